The second kappa shape index (κ2) is 6.54. The highest BCUT2D eigenvalue weighted by molar-refractivity contribution is 5.75. The number of rotatable bonds is 4. The number of morpholine rings is 1. The molecule has 0 radical (unpaired) electrons. The minimum atomic E-state index is 0.0958. The maximum Gasteiger partial charge on any atom is 0.261 e. The average molecular weight is 325 g/mol. The highest BCUT2D eigenvalue weighted by Gasteiger charge is 2.24. The molecule has 1 aliphatic rings. The molecule has 3 aromatic rings. The monoisotopic (exact) mass is 325 g/mol. The summed E-state index contributed by atoms with van der Waals surface area (Å²) in [6.07, 6.45) is 1.72. The van der Waals surface area contributed by atoms with Crippen LogP contribution in [0.25, 0.3) is 22.7 Å². The van der Waals surface area contributed by atoms with Crippen LogP contribution in [0.5, 0.6) is 0 Å². The van der Waals surface area contributed by atoms with Gasteiger partial charge >= 0.3 is 0 Å². The van der Waals surface area contributed by atoms with E-state index in [2.05, 4.69) is 32.2 Å². The van der Waals surface area contributed by atoms with Crippen LogP contribution in [0.2, 0.25) is 0 Å². The number of nitrogens with one attached hydrogen (secondary N) is 1. The maximum atomic E-state index is 5.50. The summed E-state index contributed by atoms with van der Waals surface area (Å²) in [5.74, 6) is 1.17. The van der Waals surface area contributed by atoms with Gasteiger partial charge in [-0.25, -0.2) is 0 Å². The highest BCUT2D eigenvalue weighted by atomic mass is 16.5. The summed E-state index contributed by atoms with van der Waals surface area (Å²) in [5, 5.41) is 11.3. The Morgan fingerprint density at radius 1 is 1.17 bits per heavy atom. The van der Waals surface area contributed by atoms with Gasteiger partial charge in [-0.3, -0.25) is 10.00 Å². The van der Waals surface area contributed by atoms with Crippen molar-refractivity contribution in [1.82, 2.24) is 25.2 Å². The van der Waals surface area contributed by atoms with E-state index >= 15 is 0 Å². The Morgan fingerprint density at radius 3 is 2.75 bits per heavy atom. The standard InChI is InChI=1S/C17H19N5O2/c1-12(22-7-9-23-10-8-22)16-19-17(24-21-16)14-11-18-20-15(14)13-5-3-2-4-6-13/h2-6,11-12H,7-10H2,1H3,(H,18,20). The van der Waals surface area contributed by atoms with Gasteiger partial charge in [-0.1, -0.05) is 35.5 Å². The zero-order chi connectivity index (χ0) is 16.4. The van der Waals surface area contributed by atoms with Crippen LogP contribution in [-0.4, -0.2) is 51.5 Å². The lowest BCUT2D eigenvalue weighted by Crippen LogP contribution is -2.38. The first kappa shape index (κ1) is 15.0. The van der Waals surface area contributed by atoms with Crippen molar-refractivity contribution in [3.8, 4) is 22.7 Å². The van der Waals surface area contributed by atoms with Crippen LogP contribution in [0.3, 0.4) is 0 Å². The summed E-state index contributed by atoms with van der Waals surface area (Å²) >= 11 is 0. The fraction of sp³-hybridized carbons (Fsp3) is 0.353. The van der Waals surface area contributed by atoms with Gasteiger partial charge in [0.2, 0.25) is 0 Å². The Kier molecular flexibility index (Phi) is 4.10. The van der Waals surface area contributed by atoms with Crippen molar-refractivity contribution in [2.75, 3.05) is 26.3 Å². The summed E-state index contributed by atoms with van der Waals surface area (Å²) in [7, 11) is 0. The van der Waals surface area contributed by atoms with Crippen LogP contribution in [0.4, 0.5) is 0 Å². The van der Waals surface area contributed by atoms with Gasteiger partial charge in [0, 0.05) is 18.7 Å². The number of aromatic nitrogens is 4. The second-order valence-corrected chi connectivity index (χ2v) is 5.81. The molecule has 1 aromatic carbocycles. The summed E-state index contributed by atoms with van der Waals surface area (Å²) < 4.78 is 10.9. The lowest BCUT2D eigenvalue weighted by molar-refractivity contribution is 0.0178. The predicted octanol–water partition coefficient (Wildman–Crippen LogP) is 2.52. The molecule has 1 saturated heterocycles. The third-order valence-electron chi connectivity index (χ3n) is 4.34. The van der Waals surface area contributed by atoms with Crippen molar-refractivity contribution in [1.29, 1.82) is 0 Å². The third-order valence-corrected chi connectivity index (χ3v) is 4.34. The number of hydrogen-bond acceptors (Lipinski definition) is 6. The molecule has 0 saturated carbocycles. The smallest absolute Gasteiger partial charge is 0.261 e. The van der Waals surface area contributed by atoms with Crippen LogP contribution < -0.4 is 0 Å². The molecule has 24 heavy (non-hydrogen) atoms. The summed E-state index contributed by atoms with van der Waals surface area (Å²) in [6, 6.07) is 10.1. The number of ether oxygens (including phenoxy) is 1. The lowest BCUT2D eigenvalue weighted by Gasteiger charge is -2.30. The van der Waals surface area contributed by atoms with Gasteiger partial charge < -0.3 is 9.26 Å². The Balaban J connectivity index is 1.61. The summed E-state index contributed by atoms with van der Waals surface area (Å²) in [4.78, 5) is 6.89. The van der Waals surface area contributed by atoms with Gasteiger partial charge in [-0.05, 0) is 6.92 Å². The number of hydrogen-bond donors (Lipinski definition) is 1. The Hall–Kier alpha value is -2.51. The minimum Gasteiger partial charge on any atom is -0.379 e. The van der Waals surface area contributed by atoms with Gasteiger partial charge in [0.25, 0.3) is 5.89 Å². The molecule has 1 aliphatic heterocycles. The first-order valence-corrected chi connectivity index (χ1v) is 8.07. The van der Waals surface area contributed by atoms with Crippen molar-refractivity contribution in [2.45, 2.75) is 13.0 Å². The number of benzene rings is 1. The normalized spacial score (nSPS) is 17.0. The SMILES string of the molecule is CC(c1noc(-c2cn[nH]c2-c2ccccc2)n1)N1CCOCC1. The molecule has 0 spiro atoms. The predicted molar refractivity (Wildman–Crippen MR) is 88.1 cm³/mol. The van der Waals surface area contributed by atoms with E-state index in [1.165, 1.54) is 0 Å². The number of aromatic amines is 1. The van der Waals surface area contributed by atoms with Crippen LogP contribution in [0, 0.1) is 0 Å². The largest absolute Gasteiger partial charge is 0.379 e. The molecule has 1 unspecified atom stereocenters. The van der Waals surface area contributed by atoms with Crippen LogP contribution in [0.1, 0.15) is 18.8 Å². The molecule has 2 aromatic heterocycles. The molecule has 7 heteroatoms. The average Bonchev–Trinajstić information content (AvgIpc) is 3.32. The number of nitrogens with zero attached hydrogens (tertiary/aromatic N) is 4. The lowest BCUT2D eigenvalue weighted by atomic mass is 10.1. The zero-order valence-electron chi connectivity index (χ0n) is 13.5. The molecule has 0 bridgehead atoms. The molecule has 7 nitrogen and oxygen atoms in total. The summed E-state index contributed by atoms with van der Waals surface area (Å²) in [5.41, 5.74) is 2.73. The van der Waals surface area contributed by atoms with Crippen LogP contribution in [0.15, 0.2) is 41.1 Å². The van der Waals surface area contributed by atoms with E-state index in [4.69, 9.17) is 9.26 Å². The number of H-pyrrole nitrogens is 1. The molecular weight excluding hydrogens is 306 g/mol. The molecule has 0 aliphatic carbocycles. The van der Waals surface area contributed by atoms with E-state index in [9.17, 15) is 0 Å². The van der Waals surface area contributed by atoms with Crippen molar-refractivity contribution < 1.29 is 9.26 Å². The van der Waals surface area contributed by atoms with Gasteiger partial charge in [0.1, 0.15) is 0 Å². The molecule has 4 rings (SSSR count). The van der Waals surface area contributed by atoms with Crippen molar-refractivity contribution in [3.63, 3.8) is 0 Å². The second-order valence-electron chi connectivity index (χ2n) is 5.81. The Labute approximate surface area is 139 Å². The van der Waals surface area contributed by atoms with E-state index in [1.807, 2.05) is 30.3 Å². The molecule has 124 valence electrons. The fourth-order valence-corrected chi connectivity index (χ4v) is 2.92. The topological polar surface area (TPSA) is 80.1 Å². The van der Waals surface area contributed by atoms with Gasteiger partial charge in [-0.15, -0.1) is 0 Å². The molecule has 1 N–H and O–H groups in total. The summed E-state index contributed by atoms with van der Waals surface area (Å²) in [6.45, 7) is 5.34. The Morgan fingerprint density at radius 2 is 1.96 bits per heavy atom. The molecule has 0 amide bonds. The van der Waals surface area contributed by atoms with Crippen LogP contribution >= 0.6 is 0 Å². The van der Waals surface area contributed by atoms with Gasteiger partial charge in [-0.2, -0.15) is 10.1 Å². The van der Waals surface area contributed by atoms with Gasteiger partial charge in [0.15, 0.2) is 5.82 Å². The third kappa shape index (κ3) is 2.83. The fourth-order valence-electron chi connectivity index (χ4n) is 2.92. The Bertz CT molecular complexity index is 792. The van der Waals surface area contributed by atoms with Crippen molar-refractivity contribution >= 4 is 0 Å². The highest BCUT2D eigenvalue weighted by Crippen LogP contribution is 2.30. The zero-order valence-corrected chi connectivity index (χ0v) is 13.5. The van der Waals surface area contributed by atoms with Crippen LogP contribution in [-0.2, 0) is 4.74 Å². The van der Waals surface area contributed by atoms with E-state index in [0.29, 0.717) is 11.7 Å². The van der Waals surface area contributed by atoms with E-state index in [1.54, 1.807) is 6.20 Å². The first-order valence-electron chi connectivity index (χ1n) is 8.07. The van der Waals surface area contributed by atoms with E-state index in [-0.39, 0.29) is 6.04 Å². The van der Waals surface area contributed by atoms with E-state index < -0.39 is 0 Å². The molecule has 3 heterocycles. The minimum absolute atomic E-state index is 0.0958. The molecular formula is C17H19N5O2. The van der Waals surface area contributed by atoms with Crippen molar-refractivity contribution in [3.05, 3.63) is 42.4 Å². The quantitative estimate of drug-likeness (QED) is 0.794. The molecule has 1 fully saturated rings. The molecule has 1 atom stereocenters. The van der Waals surface area contributed by atoms with E-state index in [0.717, 1.165) is 43.1 Å². The van der Waals surface area contributed by atoms with Gasteiger partial charge in [0.05, 0.1) is 36.7 Å². The van der Waals surface area contributed by atoms with Crippen molar-refractivity contribution in [2.24, 2.45) is 0 Å². The maximum absolute atomic E-state index is 5.50. The first-order chi connectivity index (χ1) is 11.8.